The number of hydrogen-bond donors (Lipinski definition) is 0. The highest BCUT2D eigenvalue weighted by Crippen LogP contribution is 2.17. The highest BCUT2D eigenvalue weighted by molar-refractivity contribution is 7.90. The molecule has 0 spiro atoms. The van der Waals surface area contributed by atoms with Gasteiger partial charge in [0.1, 0.15) is 0 Å². The van der Waals surface area contributed by atoms with Crippen molar-refractivity contribution in [2.45, 2.75) is 24.7 Å². The molecule has 1 aromatic carbocycles. The van der Waals surface area contributed by atoms with Gasteiger partial charge in [0, 0.05) is 12.5 Å². The Morgan fingerprint density at radius 1 is 1.17 bits per heavy atom. The predicted octanol–water partition coefficient (Wildman–Crippen LogP) is 2.40. The molecule has 0 amide bonds. The fourth-order valence-electron chi connectivity index (χ4n) is 1.62. The molecule has 0 aliphatic carbocycles. The topological polar surface area (TPSA) is 52.0 Å². The third-order valence-electron chi connectivity index (χ3n) is 2.80. The van der Waals surface area contributed by atoms with Gasteiger partial charge in [-0.05, 0) is 35.7 Å². The Kier molecular flexibility index (Phi) is 3.26. The molecule has 0 N–H and O–H groups in total. The highest BCUT2D eigenvalue weighted by atomic mass is 32.2. The molecule has 0 radical (unpaired) electrons. The predicted molar refractivity (Wildman–Crippen MR) is 70.8 cm³/mol. The van der Waals surface area contributed by atoms with Gasteiger partial charge in [0.25, 0.3) is 0 Å². The summed E-state index contributed by atoms with van der Waals surface area (Å²) in [6.07, 6.45) is 4.99. The summed E-state index contributed by atoms with van der Waals surface area (Å²) in [5, 5.41) is 4.27. The van der Waals surface area contributed by atoms with Crippen LogP contribution >= 0.6 is 0 Å². The van der Waals surface area contributed by atoms with Gasteiger partial charge in [-0.15, -0.1) is 0 Å². The van der Waals surface area contributed by atoms with Crippen molar-refractivity contribution in [3.8, 4) is 5.69 Å². The van der Waals surface area contributed by atoms with Crippen molar-refractivity contribution in [1.29, 1.82) is 0 Å². The smallest absolute Gasteiger partial charge is 0.175 e. The average molecular weight is 264 g/mol. The lowest BCUT2D eigenvalue weighted by molar-refractivity contribution is 0.602. The van der Waals surface area contributed by atoms with E-state index in [2.05, 4.69) is 18.9 Å². The second kappa shape index (κ2) is 4.57. The van der Waals surface area contributed by atoms with E-state index >= 15 is 0 Å². The third kappa shape index (κ3) is 2.61. The fourth-order valence-corrected chi connectivity index (χ4v) is 2.25. The van der Waals surface area contributed by atoms with Crippen LogP contribution in [0.4, 0.5) is 0 Å². The van der Waals surface area contributed by atoms with Gasteiger partial charge in [0.2, 0.25) is 0 Å². The first-order valence-electron chi connectivity index (χ1n) is 5.73. The van der Waals surface area contributed by atoms with Crippen molar-refractivity contribution in [2.24, 2.45) is 0 Å². The van der Waals surface area contributed by atoms with E-state index in [1.807, 2.05) is 12.4 Å². The summed E-state index contributed by atoms with van der Waals surface area (Å²) in [6.45, 7) is 4.21. The molecule has 2 rings (SSSR count). The Bertz CT molecular complexity index is 640. The lowest BCUT2D eigenvalue weighted by Crippen LogP contribution is -1.99. The summed E-state index contributed by atoms with van der Waals surface area (Å²) < 4.78 is 24.5. The normalized spacial score (nSPS) is 12.0. The summed E-state index contributed by atoms with van der Waals surface area (Å²) in [6, 6.07) is 6.71. The van der Waals surface area contributed by atoms with Crippen LogP contribution in [0.3, 0.4) is 0 Å². The molecule has 0 unspecified atom stereocenters. The van der Waals surface area contributed by atoms with Gasteiger partial charge in [-0.1, -0.05) is 13.8 Å². The molecule has 96 valence electrons. The van der Waals surface area contributed by atoms with Crippen LogP contribution in [0.1, 0.15) is 25.3 Å². The summed E-state index contributed by atoms with van der Waals surface area (Å²) in [7, 11) is -3.14. The summed E-state index contributed by atoms with van der Waals surface area (Å²) in [4.78, 5) is 0.322. The SMILES string of the molecule is CC(C)c1cnn(-c2ccc(S(C)(=O)=O)cc2)c1. The van der Waals surface area contributed by atoms with Gasteiger partial charge in [-0.25, -0.2) is 13.1 Å². The minimum atomic E-state index is -3.14. The van der Waals surface area contributed by atoms with E-state index in [0.717, 1.165) is 11.3 Å². The van der Waals surface area contributed by atoms with E-state index in [0.29, 0.717) is 10.8 Å². The maximum atomic E-state index is 11.4. The van der Waals surface area contributed by atoms with Crippen molar-refractivity contribution in [3.05, 3.63) is 42.2 Å². The largest absolute Gasteiger partial charge is 0.241 e. The molecule has 0 aliphatic heterocycles. The number of benzene rings is 1. The van der Waals surface area contributed by atoms with E-state index in [9.17, 15) is 8.42 Å². The van der Waals surface area contributed by atoms with Crippen LogP contribution in [0, 0.1) is 0 Å². The van der Waals surface area contributed by atoms with Crippen molar-refractivity contribution >= 4 is 9.84 Å². The zero-order valence-electron chi connectivity index (χ0n) is 10.7. The van der Waals surface area contributed by atoms with Crippen LogP contribution in [-0.4, -0.2) is 24.5 Å². The number of rotatable bonds is 3. The lowest BCUT2D eigenvalue weighted by atomic mass is 10.1. The summed E-state index contributed by atoms with van der Waals surface area (Å²) in [5.41, 5.74) is 2.01. The lowest BCUT2D eigenvalue weighted by Gasteiger charge is -2.03. The monoisotopic (exact) mass is 264 g/mol. The number of hydrogen-bond acceptors (Lipinski definition) is 3. The zero-order chi connectivity index (χ0) is 13.3. The molecule has 5 heteroatoms. The number of sulfone groups is 1. The van der Waals surface area contributed by atoms with Gasteiger partial charge in [0.05, 0.1) is 16.8 Å². The Labute approximate surface area is 107 Å². The molecular weight excluding hydrogens is 248 g/mol. The molecular formula is C13H16N2O2S. The summed E-state index contributed by atoms with van der Waals surface area (Å²) >= 11 is 0. The van der Waals surface area contributed by atoms with Crippen LogP contribution in [0.5, 0.6) is 0 Å². The van der Waals surface area contributed by atoms with E-state index in [4.69, 9.17) is 0 Å². The van der Waals surface area contributed by atoms with Gasteiger partial charge in [-0.2, -0.15) is 5.10 Å². The Hall–Kier alpha value is -1.62. The van der Waals surface area contributed by atoms with Crippen molar-refractivity contribution in [1.82, 2.24) is 9.78 Å². The van der Waals surface area contributed by atoms with E-state index in [1.54, 1.807) is 28.9 Å². The van der Waals surface area contributed by atoms with Crippen molar-refractivity contribution in [3.63, 3.8) is 0 Å². The van der Waals surface area contributed by atoms with E-state index in [-0.39, 0.29) is 0 Å². The molecule has 0 aliphatic rings. The maximum absolute atomic E-state index is 11.4. The van der Waals surface area contributed by atoms with Gasteiger partial charge >= 0.3 is 0 Å². The summed E-state index contributed by atoms with van der Waals surface area (Å²) in [5.74, 6) is 0.425. The van der Waals surface area contributed by atoms with Crippen LogP contribution in [0.2, 0.25) is 0 Å². The highest BCUT2D eigenvalue weighted by Gasteiger charge is 2.08. The molecule has 0 fully saturated rings. The Balaban J connectivity index is 2.34. The van der Waals surface area contributed by atoms with Crippen LogP contribution < -0.4 is 0 Å². The maximum Gasteiger partial charge on any atom is 0.175 e. The average Bonchev–Trinajstić information content (AvgIpc) is 2.77. The Morgan fingerprint density at radius 2 is 1.78 bits per heavy atom. The number of nitrogens with zero attached hydrogens (tertiary/aromatic N) is 2. The molecule has 2 aromatic rings. The Morgan fingerprint density at radius 3 is 2.22 bits per heavy atom. The molecule has 4 nitrogen and oxygen atoms in total. The second-order valence-corrected chi connectivity index (χ2v) is 6.65. The van der Waals surface area contributed by atoms with E-state index < -0.39 is 9.84 Å². The van der Waals surface area contributed by atoms with Gasteiger partial charge in [-0.3, -0.25) is 0 Å². The first kappa shape index (κ1) is 12.8. The second-order valence-electron chi connectivity index (χ2n) is 4.64. The molecule has 0 bridgehead atoms. The molecule has 0 atom stereocenters. The van der Waals surface area contributed by atoms with Crippen LogP contribution in [0.15, 0.2) is 41.6 Å². The standard InChI is InChI=1S/C13H16N2O2S/c1-10(2)11-8-14-15(9-11)12-4-6-13(7-5-12)18(3,16)17/h4-10H,1-3H3. The molecule has 1 heterocycles. The minimum absolute atomic E-state index is 0.322. The fraction of sp³-hybridized carbons (Fsp3) is 0.308. The van der Waals surface area contributed by atoms with Gasteiger partial charge < -0.3 is 0 Å². The number of aromatic nitrogens is 2. The molecule has 18 heavy (non-hydrogen) atoms. The van der Waals surface area contributed by atoms with Gasteiger partial charge in [0.15, 0.2) is 9.84 Å². The van der Waals surface area contributed by atoms with E-state index in [1.165, 1.54) is 6.26 Å². The first-order chi connectivity index (χ1) is 8.38. The molecule has 0 saturated heterocycles. The van der Waals surface area contributed by atoms with Crippen molar-refractivity contribution < 1.29 is 8.42 Å². The van der Waals surface area contributed by atoms with Crippen LogP contribution in [-0.2, 0) is 9.84 Å². The first-order valence-corrected chi connectivity index (χ1v) is 7.62. The quantitative estimate of drug-likeness (QED) is 0.855. The molecule has 0 saturated carbocycles. The minimum Gasteiger partial charge on any atom is -0.241 e. The zero-order valence-corrected chi connectivity index (χ0v) is 11.5. The third-order valence-corrected chi connectivity index (χ3v) is 3.93. The molecule has 1 aromatic heterocycles. The van der Waals surface area contributed by atoms with Crippen molar-refractivity contribution in [2.75, 3.05) is 6.26 Å². The van der Waals surface area contributed by atoms with Crippen LogP contribution in [0.25, 0.3) is 5.69 Å².